The van der Waals surface area contributed by atoms with Crippen LogP contribution in [0, 0.1) is 12.8 Å². The molecule has 0 amide bonds. The van der Waals surface area contributed by atoms with Crippen LogP contribution in [-0.2, 0) is 0 Å². The van der Waals surface area contributed by atoms with Crippen LogP contribution in [0.1, 0.15) is 25.3 Å². The van der Waals surface area contributed by atoms with Crippen LogP contribution in [0.2, 0.25) is 0 Å². The third-order valence-electron chi connectivity index (χ3n) is 2.53. The van der Waals surface area contributed by atoms with Gasteiger partial charge in [0.1, 0.15) is 5.75 Å². The zero-order valence-electron chi connectivity index (χ0n) is 9.70. The van der Waals surface area contributed by atoms with Gasteiger partial charge in [-0.1, -0.05) is 19.1 Å². The largest absolute Gasteiger partial charge is 0.494 e. The van der Waals surface area contributed by atoms with E-state index in [-0.39, 0.29) is 0 Å². The van der Waals surface area contributed by atoms with Gasteiger partial charge >= 0.3 is 0 Å². The molecule has 0 aliphatic carbocycles. The minimum Gasteiger partial charge on any atom is -0.494 e. The Kier molecular flexibility index (Phi) is 5.19. The molecule has 0 spiro atoms. The Hall–Kier alpha value is -1.02. The van der Waals surface area contributed by atoms with Crippen molar-refractivity contribution >= 4 is 0 Å². The molecule has 15 heavy (non-hydrogen) atoms. The highest BCUT2D eigenvalue weighted by atomic mass is 16.5. The standard InChI is InChI=1S/C13H21NO/c1-11(6-8-14)7-9-15-13-5-3-4-12(2)10-13/h3-5,10-11H,6-9,14H2,1-2H3. The van der Waals surface area contributed by atoms with Gasteiger partial charge in [0.05, 0.1) is 6.61 Å². The van der Waals surface area contributed by atoms with Gasteiger partial charge in [0.25, 0.3) is 0 Å². The number of ether oxygens (including phenoxy) is 1. The summed E-state index contributed by atoms with van der Waals surface area (Å²) in [5, 5.41) is 0. The Morgan fingerprint density at radius 3 is 2.80 bits per heavy atom. The molecule has 1 rings (SSSR count). The van der Waals surface area contributed by atoms with E-state index in [4.69, 9.17) is 10.5 Å². The van der Waals surface area contributed by atoms with Gasteiger partial charge in [-0.25, -0.2) is 0 Å². The maximum absolute atomic E-state index is 5.66. The van der Waals surface area contributed by atoms with Crippen LogP contribution < -0.4 is 10.5 Å². The minimum absolute atomic E-state index is 0.653. The van der Waals surface area contributed by atoms with E-state index in [1.54, 1.807) is 0 Å². The fourth-order valence-corrected chi connectivity index (χ4v) is 1.51. The molecule has 0 saturated carbocycles. The molecule has 2 N–H and O–H groups in total. The van der Waals surface area contributed by atoms with Crippen LogP contribution in [-0.4, -0.2) is 13.2 Å². The Morgan fingerprint density at radius 2 is 2.13 bits per heavy atom. The van der Waals surface area contributed by atoms with Gasteiger partial charge in [-0.15, -0.1) is 0 Å². The van der Waals surface area contributed by atoms with Crippen LogP contribution in [0.3, 0.4) is 0 Å². The van der Waals surface area contributed by atoms with Crippen molar-refractivity contribution in [3.63, 3.8) is 0 Å². The number of nitrogens with two attached hydrogens (primary N) is 1. The first-order valence-electron chi connectivity index (χ1n) is 5.62. The fourth-order valence-electron chi connectivity index (χ4n) is 1.51. The first-order valence-corrected chi connectivity index (χ1v) is 5.62. The summed E-state index contributed by atoms with van der Waals surface area (Å²) >= 11 is 0. The SMILES string of the molecule is Cc1cccc(OCCC(C)CCN)c1. The average molecular weight is 207 g/mol. The molecule has 0 bridgehead atoms. The number of hydrogen-bond acceptors (Lipinski definition) is 2. The average Bonchev–Trinajstić information content (AvgIpc) is 2.18. The molecule has 0 fully saturated rings. The van der Waals surface area contributed by atoms with E-state index in [2.05, 4.69) is 26.0 Å². The van der Waals surface area contributed by atoms with Gasteiger partial charge in [-0.3, -0.25) is 0 Å². The molecule has 0 heterocycles. The highest BCUT2D eigenvalue weighted by Gasteiger charge is 2.01. The highest BCUT2D eigenvalue weighted by molar-refractivity contribution is 5.27. The summed E-state index contributed by atoms with van der Waals surface area (Å²) in [7, 11) is 0. The quantitative estimate of drug-likeness (QED) is 0.778. The van der Waals surface area contributed by atoms with Crippen molar-refractivity contribution in [3.8, 4) is 5.75 Å². The molecule has 2 heteroatoms. The molecule has 0 radical (unpaired) electrons. The lowest BCUT2D eigenvalue weighted by Crippen LogP contribution is -2.09. The molecule has 1 unspecified atom stereocenters. The first kappa shape index (κ1) is 12.1. The summed E-state index contributed by atoms with van der Waals surface area (Å²) < 4.78 is 5.66. The summed E-state index contributed by atoms with van der Waals surface area (Å²) in [6.07, 6.45) is 2.16. The van der Waals surface area contributed by atoms with Crippen molar-refractivity contribution in [2.75, 3.05) is 13.2 Å². The summed E-state index contributed by atoms with van der Waals surface area (Å²) in [6, 6.07) is 8.16. The number of benzene rings is 1. The Bertz CT molecular complexity index is 286. The van der Waals surface area contributed by atoms with E-state index in [0.29, 0.717) is 5.92 Å². The van der Waals surface area contributed by atoms with Crippen molar-refractivity contribution in [1.82, 2.24) is 0 Å². The normalized spacial score (nSPS) is 12.5. The molecular formula is C13H21NO. The number of aryl methyl sites for hydroxylation is 1. The van der Waals surface area contributed by atoms with E-state index in [9.17, 15) is 0 Å². The minimum atomic E-state index is 0.653. The summed E-state index contributed by atoms with van der Waals surface area (Å²) in [5.74, 6) is 1.62. The molecule has 0 saturated heterocycles. The summed E-state index contributed by atoms with van der Waals surface area (Å²) in [6.45, 7) is 5.84. The lowest BCUT2D eigenvalue weighted by molar-refractivity contribution is 0.280. The van der Waals surface area contributed by atoms with Crippen molar-refractivity contribution in [3.05, 3.63) is 29.8 Å². The molecule has 0 aliphatic rings. The Labute approximate surface area is 92.4 Å². The van der Waals surface area contributed by atoms with Crippen LogP contribution in [0.15, 0.2) is 24.3 Å². The number of rotatable bonds is 6. The van der Waals surface area contributed by atoms with Gasteiger partial charge in [-0.05, 0) is 49.9 Å². The van der Waals surface area contributed by atoms with Crippen LogP contribution in [0.4, 0.5) is 0 Å². The van der Waals surface area contributed by atoms with E-state index in [1.807, 2.05) is 12.1 Å². The topological polar surface area (TPSA) is 35.2 Å². The molecule has 84 valence electrons. The number of hydrogen-bond donors (Lipinski definition) is 1. The van der Waals surface area contributed by atoms with E-state index in [0.717, 1.165) is 31.7 Å². The third kappa shape index (κ3) is 4.84. The molecular weight excluding hydrogens is 186 g/mol. The molecule has 1 atom stereocenters. The Balaban J connectivity index is 2.25. The lowest BCUT2D eigenvalue weighted by Gasteiger charge is -2.11. The van der Waals surface area contributed by atoms with Gasteiger partial charge < -0.3 is 10.5 Å². The predicted octanol–water partition coefficient (Wildman–Crippen LogP) is 2.75. The molecule has 0 aromatic heterocycles. The third-order valence-corrected chi connectivity index (χ3v) is 2.53. The summed E-state index contributed by atoms with van der Waals surface area (Å²) in [4.78, 5) is 0. The van der Waals surface area contributed by atoms with Crippen molar-refractivity contribution in [2.24, 2.45) is 11.7 Å². The maximum atomic E-state index is 5.66. The first-order chi connectivity index (χ1) is 7.22. The molecule has 1 aromatic carbocycles. The zero-order valence-corrected chi connectivity index (χ0v) is 9.70. The lowest BCUT2D eigenvalue weighted by atomic mass is 10.1. The highest BCUT2D eigenvalue weighted by Crippen LogP contribution is 2.14. The van der Waals surface area contributed by atoms with Crippen molar-refractivity contribution < 1.29 is 4.74 Å². The van der Waals surface area contributed by atoms with Crippen molar-refractivity contribution in [1.29, 1.82) is 0 Å². The van der Waals surface area contributed by atoms with Gasteiger partial charge in [0.2, 0.25) is 0 Å². The molecule has 1 aromatic rings. The van der Waals surface area contributed by atoms with Gasteiger partial charge in [0, 0.05) is 0 Å². The second-order valence-electron chi connectivity index (χ2n) is 4.14. The second-order valence-corrected chi connectivity index (χ2v) is 4.14. The zero-order chi connectivity index (χ0) is 11.1. The van der Waals surface area contributed by atoms with Gasteiger partial charge in [0.15, 0.2) is 0 Å². The maximum Gasteiger partial charge on any atom is 0.119 e. The van der Waals surface area contributed by atoms with Gasteiger partial charge in [-0.2, -0.15) is 0 Å². The van der Waals surface area contributed by atoms with E-state index >= 15 is 0 Å². The summed E-state index contributed by atoms with van der Waals surface area (Å²) in [5.41, 5.74) is 6.73. The molecule has 2 nitrogen and oxygen atoms in total. The monoisotopic (exact) mass is 207 g/mol. The smallest absolute Gasteiger partial charge is 0.119 e. The van der Waals surface area contributed by atoms with E-state index in [1.165, 1.54) is 5.56 Å². The van der Waals surface area contributed by atoms with Crippen LogP contribution in [0.5, 0.6) is 5.75 Å². The predicted molar refractivity (Wildman–Crippen MR) is 64.1 cm³/mol. The fraction of sp³-hybridized carbons (Fsp3) is 0.538. The molecule has 0 aliphatic heterocycles. The van der Waals surface area contributed by atoms with E-state index < -0.39 is 0 Å². The van der Waals surface area contributed by atoms with Crippen LogP contribution >= 0.6 is 0 Å². The van der Waals surface area contributed by atoms with Crippen LogP contribution in [0.25, 0.3) is 0 Å². The second kappa shape index (κ2) is 6.46. The Morgan fingerprint density at radius 1 is 1.33 bits per heavy atom. The van der Waals surface area contributed by atoms with Crippen molar-refractivity contribution in [2.45, 2.75) is 26.7 Å².